The number of halogens is 3. The van der Waals surface area contributed by atoms with E-state index in [0.29, 0.717) is 21.8 Å². The third-order valence-electron chi connectivity index (χ3n) is 4.07. The molecule has 9 heteroatoms. The van der Waals surface area contributed by atoms with Crippen LogP contribution < -0.4 is 4.31 Å². The monoisotopic (exact) mass is 409 g/mol. The summed E-state index contributed by atoms with van der Waals surface area (Å²) in [5.41, 5.74) is -1.14. The number of fused-ring (bicyclic) bond motifs is 1. The van der Waals surface area contributed by atoms with Crippen LogP contribution in [0.3, 0.4) is 0 Å². The zero-order valence-electron chi connectivity index (χ0n) is 14.2. The molecular weight excluding hydrogens is 395 g/mol. The Balaban J connectivity index is 2.07. The lowest BCUT2D eigenvalue weighted by Crippen LogP contribution is -2.35. The van der Waals surface area contributed by atoms with Gasteiger partial charge < -0.3 is 5.11 Å². The third kappa shape index (κ3) is 3.94. The van der Waals surface area contributed by atoms with Crippen LogP contribution in [-0.4, -0.2) is 26.0 Å². The van der Waals surface area contributed by atoms with E-state index in [4.69, 9.17) is 5.11 Å². The van der Waals surface area contributed by atoms with Crippen LogP contribution in [0, 0.1) is 0 Å². The largest absolute Gasteiger partial charge is 0.480 e. The Morgan fingerprint density at radius 2 is 1.54 bits per heavy atom. The molecule has 0 aliphatic rings. The van der Waals surface area contributed by atoms with Gasteiger partial charge in [0.15, 0.2) is 0 Å². The molecule has 3 rings (SSSR count). The fourth-order valence-corrected chi connectivity index (χ4v) is 4.16. The van der Waals surface area contributed by atoms with Gasteiger partial charge in [0.05, 0.1) is 16.1 Å². The minimum Gasteiger partial charge on any atom is -0.480 e. The number of hydrogen-bond acceptors (Lipinski definition) is 3. The summed E-state index contributed by atoms with van der Waals surface area (Å²) in [6.45, 7) is -0.930. The van der Waals surface area contributed by atoms with Crippen LogP contribution in [0.25, 0.3) is 10.8 Å². The van der Waals surface area contributed by atoms with Crippen LogP contribution in [0.15, 0.2) is 71.6 Å². The quantitative estimate of drug-likeness (QED) is 0.687. The maximum Gasteiger partial charge on any atom is 0.416 e. The molecule has 28 heavy (non-hydrogen) atoms. The van der Waals surface area contributed by atoms with Gasteiger partial charge in [0.25, 0.3) is 10.0 Å². The predicted molar refractivity (Wildman–Crippen MR) is 97.6 cm³/mol. The Labute approximate surface area is 158 Å². The Morgan fingerprint density at radius 3 is 2.11 bits per heavy atom. The molecule has 0 atom stereocenters. The lowest BCUT2D eigenvalue weighted by molar-refractivity contribution is -0.138. The van der Waals surface area contributed by atoms with Crippen molar-refractivity contribution in [3.05, 3.63) is 72.3 Å². The second-order valence-electron chi connectivity index (χ2n) is 5.96. The third-order valence-corrected chi connectivity index (χ3v) is 5.84. The van der Waals surface area contributed by atoms with Crippen molar-refractivity contribution in [1.29, 1.82) is 0 Å². The van der Waals surface area contributed by atoms with E-state index < -0.39 is 34.3 Å². The number of rotatable bonds is 5. The molecular formula is C19H14F3NO4S. The van der Waals surface area contributed by atoms with E-state index in [1.807, 2.05) is 0 Å². The number of carboxylic acids is 1. The topological polar surface area (TPSA) is 74.7 Å². The minimum atomic E-state index is -4.59. The highest BCUT2D eigenvalue weighted by Gasteiger charge is 2.32. The Kier molecular flexibility index (Phi) is 5.03. The summed E-state index contributed by atoms with van der Waals surface area (Å²) >= 11 is 0. The van der Waals surface area contributed by atoms with Crippen molar-refractivity contribution in [2.24, 2.45) is 0 Å². The first kappa shape index (κ1) is 19.7. The van der Waals surface area contributed by atoms with Crippen molar-refractivity contribution in [2.75, 3.05) is 10.8 Å². The molecule has 0 bridgehead atoms. The SMILES string of the molecule is O=C(O)CN(c1ccc(C(F)(F)F)cc1)S(=O)(=O)c1ccc2ccccc2c1. The second-order valence-corrected chi connectivity index (χ2v) is 7.82. The molecule has 3 aromatic rings. The molecule has 0 fully saturated rings. The number of carbonyl (C=O) groups is 1. The summed E-state index contributed by atoms with van der Waals surface area (Å²) in [4.78, 5) is 11.1. The predicted octanol–water partition coefficient (Wildman–Crippen LogP) is 4.14. The van der Waals surface area contributed by atoms with Gasteiger partial charge in [0, 0.05) is 0 Å². The maximum absolute atomic E-state index is 13.0. The average Bonchev–Trinajstić information content (AvgIpc) is 2.65. The normalized spacial score (nSPS) is 12.1. The molecule has 0 aliphatic carbocycles. The van der Waals surface area contributed by atoms with Crippen molar-refractivity contribution in [3.63, 3.8) is 0 Å². The van der Waals surface area contributed by atoms with E-state index in [1.165, 1.54) is 12.1 Å². The van der Waals surface area contributed by atoms with E-state index >= 15 is 0 Å². The summed E-state index contributed by atoms with van der Waals surface area (Å²) in [5, 5.41) is 10.5. The summed E-state index contributed by atoms with van der Waals surface area (Å²) in [6, 6.07) is 14.6. The number of anilines is 1. The first-order chi connectivity index (χ1) is 13.1. The van der Waals surface area contributed by atoms with Crippen molar-refractivity contribution >= 4 is 32.5 Å². The van der Waals surface area contributed by atoms with E-state index in [-0.39, 0.29) is 10.6 Å². The molecule has 0 radical (unpaired) electrons. The van der Waals surface area contributed by atoms with Gasteiger partial charge in [-0.15, -0.1) is 0 Å². The summed E-state index contributed by atoms with van der Waals surface area (Å²) in [5.74, 6) is -1.44. The van der Waals surface area contributed by atoms with Gasteiger partial charge >= 0.3 is 12.1 Å². The van der Waals surface area contributed by atoms with Crippen LogP contribution in [-0.2, 0) is 21.0 Å². The van der Waals surface area contributed by atoms with Gasteiger partial charge in [-0.25, -0.2) is 8.42 Å². The molecule has 5 nitrogen and oxygen atoms in total. The number of carboxylic acid groups (broad SMARTS) is 1. The molecule has 0 saturated carbocycles. The average molecular weight is 409 g/mol. The highest BCUT2D eigenvalue weighted by atomic mass is 32.2. The van der Waals surface area contributed by atoms with Crippen molar-refractivity contribution in [2.45, 2.75) is 11.1 Å². The van der Waals surface area contributed by atoms with Gasteiger partial charge in [-0.2, -0.15) is 13.2 Å². The van der Waals surface area contributed by atoms with Crippen LogP contribution in [0.4, 0.5) is 18.9 Å². The Bertz CT molecular complexity index is 1130. The van der Waals surface area contributed by atoms with Gasteiger partial charge in [0.1, 0.15) is 6.54 Å². The lowest BCUT2D eigenvalue weighted by Gasteiger charge is -2.23. The van der Waals surface area contributed by atoms with Gasteiger partial charge in [-0.3, -0.25) is 9.10 Å². The van der Waals surface area contributed by atoms with E-state index in [9.17, 15) is 26.4 Å². The standard InChI is InChI=1S/C19H14F3NO4S/c20-19(21,22)15-6-8-16(9-7-15)23(12-18(24)25)28(26,27)17-10-5-13-3-1-2-4-14(13)11-17/h1-11H,12H2,(H,24,25). The molecule has 0 saturated heterocycles. The minimum absolute atomic E-state index is 0.160. The maximum atomic E-state index is 13.0. The van der Waals surface area contributed by atoms with Crippen LogP contribution in [0.2, 0.25) is 0 Å². The second kappa shape index (κ2) is 7.16. The molecule has 0 aliphatic heterocycles. The molecule has 0 amide bonds. The Hall–Kier alpha value is -3.07. The number of nitrogens with zero attached hydrogens (tertiary/aromatic N) is 1. The van der Waals surface area contributed by atoms with Gasteiger partial charge in [-0.1, -0.05) is 30.3 Å². The number of aliphatic carboxylic acids is 1. The fraction of sp³-hybridized carbons (Fsp3) is 0.105. The van der Waals surface area contributed by atoms with Gasteiger partial charge in [0.2, 0.25) is 0 Å². The lowest BCUT2D eigenvalue weighted by atomic mass is 10.1. The summed E-state index contributed by atoms with van der Waals surface area (Å²) < 4.78 is 64.9. The summed E-state index contributed by atoms with van der Waals surface area (Å²) in [6.07, 6.45) is -4.59. The van der Waals surface area contributed by atoms with E-state index in [2.05, 4.69) is 0 Å². The zero-order valence-corrected chi connectivity index (χ0v) is 15.0. The highest BCUT2D eigenvalue weighted by Crippen LogP contribution is 2.32. The van der Waals surface area contributed by atoms with Gasteiger partial charge in [-0.05, 0) is 47.2 Å². The van der Waals surface area contributed by atoms with Crippen molar-refractivity contribution < 1.29 is 31.5 Å². The molecule has 0 aromatic heterocycles. The molecule has 146 valence electrons. The van der Waals surface area contributed by atoms with Crippen LogP contribution in [0.1, 0.15) is 5.56 Å². The number of benzene rings is 3. The zero-order chi connectivity index (χ0) is 20.5. The molecule has 3 aromatic carbocycles. The van der Waals surface area contributed by atoms with Crippen LogP contribution in [0.5, 0.6) is 0 Å². The summed E-state index contributed by atoms with van der Waals surface area (Å²) in [7, 11) is -4.32. The molecule has 0 heterocycles. The molecule has 0 unspecified atom stereocenters. The Morgan fingerprint density at radius 1 is 0.929 bits per heavy atom. The first-order valence-corrected chi connectivity index (χ1v) is 9.43. The first-order valence-electron chi connectivity index (χ1n) is 7.99. The highest BCUT2D eigenvalue weighted by molar-refractivity contribution is 7.92. The van der Waals surface area contributed by atoms with E-state index in [1.54, 1.807) is 30.3 Å². The molecule has 0 spiro atoms. The smallest absolute Gasteiger partial charge is 0.416 e. The van der Waals surface area contributed by atoms with Crippen LogP contribution >= 0.6 is 0 Å². The number of sulfonamides is 1. The van der Waals surface area contributed by atoms with Crippen molar-refractivity contribution in [1.82, 2.24) is 0 Å². The van der Waals surface area contributed by atoms with Crippen molar-refractivity contribution in [3.8, 4) is 0 Å². The number of hydrogen-bond donors (Lipinski definition) is 1. The number of alkyl halides is 3. The fourth-order valence-electron chi connectivity index (χ4n) is 2.71. The molecule has 1 N–H and O–H groups in total. The van der Waals surface area contributed by atoms with E-state index in [0.717, 1.165) is 17.5 Å².